The normalized spacial score (nSPS) is 27.2. The molecule has 2 unspecified atom stereocenters. The Morgan fingerprint density at radius 2 is 1.77 bits per heavy atom. The van der Waals surface area contributed by atoms with E-state index in [9.17, 15) is 29.1 Å². The van der Waals surface area contributed by atoms with Crippen LogP contribution >= 0.6 is 33.2 Å². The third kappa shape index (κ3) is 13.2. The van der Waals surface area contributed by atoms with Crippen LogP contribution in [0.5, 0.6) is 5.75 Å². The third-order valence-electron chi connectivity index (χ3n) is 11.8. The maximum atomic E-state index is 14.6. The van der Waals surface area contributed by atoms with E-state index in [4.69, 9.17) is 35.7 Å². The van der Waals surface area contributed by atoms with Crippen LogP contribution in [0.4, 0.5) is 16.2 Å². The Morgan fingerprint density at radius 3 is 2.41 bits per heavy atom. The van der Waals surface area contributed by atoms with E-state index in [1.807, 2.05) is 52.0 Å². The number of aliphatic carboxylic acids is 1. The Bertz CT molecular complexity index is 2130. The minimum Gasteiger partial charge on any atom is -0.496 e. The molecule has 0 aliphatic carbocycles. The number of nitrogens with zero attached hydrogens (tertiary/aromatic N) is 1. The number of benzene rings is 2. The Morgan fingerprint density at radius 1 is 1.08 bits per heavy atom. The predicted molar refractivity (Wildman–Crippen MR) is 252 cm³/mol. The summed E-state index contributed by atoms with van der Waals surface area (Å²) in [6, 6.07) is 9.03. The molecule has 3 aliphatic rings. The van der Waals surface area contributed by atoms with Crippen molar-refractivity contribution < 1.29 is 53.1 Å². The average Bonchev–Trinajstić information content (AvgIpc) is 3.93. The molecule has 17 heteroatoms. The van der Waals surface area contributed by atoms with E-state index >= 15 is 0 Å². The van der Waals surface area contributed by atoms with Crippen molar-refractivity contribution in [3.05, 3.63) is 64.7 Å². The molecular weight excluding hydrogens is 882 g/mol. The number of allylic oxidation sites excluding steroid dienone is 3. The van der Waals surface area contributed by atoms with Crippen molar-refractivity contribution >= 4 is 74.4 Å². The van der Waals surface area contributed by atoms with Gasteiger partial charge >= 0.3 is 18.0 Å². The lowest BCUT2D eigenvalue weighted by Crippen LogP contribution is -2.57. The summed E-state index contributed by atoms with van der Waals surface area (Å²) >= 11 is 6.87. The van der Waals surface area contributed by atoms with Gasteiger partial charge in [-0.3, -0.25) is 24.5 Å². The summed E-state index contributed by atoms with van der Waals surface area (Å²) in [5, 5.41) is 26.5. The number of fused-ring (bicyclic) bond motifs is 5. The van der Waals surface area contributed by atoms with Gasteiger partial charge in [-0.25, -0.2) is 4.79 Å². The average molecular weight is 945 g/mol. The molecule has 4 N–H and O–H groups in total. The standard InChI is InChI=1S/C47H62ClN3O11S2/c1-26(2)44(56)61-38-24-40(53)51(8)35-21-31(20-27(3)12-10-11-19-47(58)25-37(60-45(57)50-47)30(6)43-46(38,7)62-43)22-36(59-9)42(35)32-15-16-34(33(48)23-32)49-39(52)17-13-28(4)63-64-29(5)14-18-41(54)55/h10-12,15-16,21-23,26,28-30,37-38,43,58H,13-14,17-20,24-25H2,1-9H3,(H,49,52)(H,50,57)(H,54,55)/b11-10+,27-12+/t28?,29?,30-,37+,38+,43+,46+,47-/m1/s1. The molecule has 0 radical (unpaired) electrons. The topological polar surface area (TPSA) is 193 Å². The zero-order valence-electron chi connectivity index (χ0n) is 38.0. The lowest BCUT2D eigenvalue weighted by molar-refractivity contribution is -0.157. The summed E-state index contributed by atoms with van der Waals surface area (Å²) in [6.45, 7) is 13.0. The van der Waals surface area contributed by atoms with Crippen molar-refractivity contribution in [2.75, 3.05) is 24.4 Å². The van der Waals surface area contributed by atoms with Crippen LogP contribution in [-0.2, 0) is 39.8 Å². The fraction of sp³-hybridized carbons (Fsp3) is 0.553. The molecule has 0 aromatic heterocycles. The molecule has 2 fully saturated rings. The maximum Gasteiger partial charge on any atom is 0.409 e. The first-order chi connectivity index (χ1) is 30.1. The highest BCUT2D eigenvalue weighted by atomic mass is 35.5. The van der Waals surface area contributed by atoms with E-state index < -0.39 is 59.5 Å². The second-order valence-electron chi connectivity index (χ2n) is 17.7. The number of alkyl carbamates (subject to hydrolysis) is 1. The highest BCUT2D eigenvalue weighted by molar-refractivity contribution is 8.77. The molecule has 64 heavy (non-hydrogen) atoms. The summed E-state index contributed by atoms with van der Waals surface area (Å²) in [5.74, 6) is -2.35. The monoisotopic (exact) mass is 943 g/mol. The molecule has 350 valence electrons. The first-order valence-electron chi connectivity index (χ1n) is 21.7. The first kappa shape index (κ1) is 50.8. The van der Waals surface area contributed by atoms with Crippen LogP contribution in [0.2, 0.25) is 5.02 Å². The third-order valence-corrected chi connectivity index (χ3v) is 15.7. The first-order valence-corrected chi connectivity index (χ1v) is 24.3. The zero-order valence-corrected chi connectivity index (χ0v) is 40.4. The number of anilines is 2. The van der Waals surface area contributed by atoms with Crippen molar-refractivity contribution in [3.8, 4) is 16.9 Å². The van der Waals surface area contributed by atoms with Crippen molar-refractivity contribution in [3.63, 3.8) is 0 Å². The number of methoxy groups -OCH3 is 1. The number of rotatable bonds is 14. The van der Waals surface area contributed by atoms with Crippen molar-refractivity contribution in [1.82, 2.24) is 5.32 Å². The predicted octanol–water partition coefficient (Wildman–Crippen LogP) is 9.11. The molecule has 2 aromatic carbocycles. The molecule has 4 bridgehead atoms. The smallest absolute Gasteiger partial charge is 0.409 e. The van der Waals surface area contributed by atoms with Crippen LogP contribution in [0.3, 0.4) is 0 Å². The number of nitrogens with one attached hydrogen (secondary N) is 2. The van der Waals surface area contributed by atoms with Crippen LogP contribution in [0.25, 0.3) is 11.1 Å². The second kappa shape index (κ2) is 21.8. The minimum atomic E-state index is -1.57. The van der Waals surface area contributed by atoms with E-state index in [-0.39, 0.29) is 59.4 Å². The van der Waals surface area contributed by atoms with Gasteiger partial charge in [-0.2, -0.15) is 0 Å². The number of hydrogen-bond donors (Lipinski definition) is 4. The number of amides is 3. The van der Waals surface area contributed by atoms with Gasteiger partial charge in [0.15, 0.2) is 0 Å². The molecular formula is C47H62ClN3O11S2. The van der Waals surface area contributed by atoms with Crippen LogP contribution in [0.1, 0.15) is 99.0 Å². The largest absolute Gasteiger partial charge is 0.496 e. The Hall–Kier alpha value is -4.22. The van der Waals surface area contributed by atoms with E-state index in [2.05, 4.69) is 10.6 Å². The molecule has 3 amide bonds. The number of hydrogen-bond acceptors (Lipinski definition) is 12. The molecule has 0 spiro atoms. The van der Waals surface area contributed by atoms with E-state index in [1.165, 1.54) is 4.90 Å². The van der Waals surface area contributed by atoms with Crippen LogP contribution < -0.4 is 20.3 Å². The summed E-state index contributed by atoms with van der Waals surface area (Å²) in [4.78, 5) is 66.0. The Kier molecular flexibility index (Phi) is 17.3. The molecule has 2 saturated heterocycles. The molecule has 14 nitrogen and oxygen atoms in total. The highest BCUT2D eigenvalue weighted by Crippen LogP contribution is 2.49. The summed E-state index contributed by atoms with van der Waals surface area (Å²) in [5.41, 5.74) is 1.22. The van der Waals surface area contributed by atoms with Gasteiger partial charge in [-0.15, -0.1) is 0 Å². The Labute approximate surface area is 389 Å². The van der Waals surface area contributed by atoms with Gasteiger partial charge in [0, 0.05) is 54.7 Å². The SMILES string of the molecule is COc1cc2cc(c1-c1ccc(NC(=O)CCC(C)SSC(C)CCC(=O)O)c(Cl)c1)N(C)C(=O)C[C@H](OC(=O)C(C)C)[C@]1(C)O[C@H]1[C@H](C)[C@@H]1C[C@](O)(C/C=C/C=C(\C)C2)NC(=O)O1. The van der Waals surface area contributed by atoms with Gasteiger partial charge in [-0.1, -0.05) is 97.7 Å². The fourth-order valence-electron chi connectivity index (χ4n) is 7.88. The maximum absolute atomic E-state index is 14.6. The van der Waals surface area contributed by atoms with Crippen LogP contribution in [0.15, 0.2) is 54.1 Å². The van der Waals surface area contributed by atoms with E-state index in [0.29, 0.717) is 47.5 Å². The zero-order chi connectivity index (χ0) is 47.1. The van der Waals surface area contributed by atoms with E-state index in [0.717, 1.165) is 11.1 Å². The quantitative estimate of drug-likeness (QED) is 0.0797. The molecule has 0 saturated carbocycles. The minimum absolute atomic E-state index is 0.0873. The Balaban J connectivity index is 1.46. The molecule has 3 aliphatic heterocycles. The molecule has 5 rings (SSSR count). The summed E-state index contributed by atoms with van der Waals surface area (Å²) in [6.07, 6.45) is 4.46. The van der Waals surface area contributed by atoms with Crippen molar-refractivity contribution in [1.29, 1.82) is 0 Å². The number of halogens is 1. The van der Waals surface area contributed by atoms with Gasteiger partial charge in [0.25, 0.3) is 0 Å². The lowest BCUT2D eigenvalue weighted by Gasteiger charge is -2.39. The van der Waals surface area contributed by atoms with Crippen molar-refractivity contribution in [2.24, 2.45) is 11.8 Å². The molecule has 2 aromatic rings. The summed E-state index contributed by atoms with van der Waals surface area (Å²) < 4.78 is 24.0. The number of aliphatic hydroxyl groups is 1. The van der Waals surface area contributed by atoms with Gasteiger partial charge < -0.3 is 39.4 Å². The van der Waals surface area contributed by atoms with Crippen LogP contribution in [0, 0.1) is 11.8 Å². The number of esters is 1. The number of ether oxygens (including phenoxy) is 4. The number of epoxide rings is 1. The number of carbonyl (C=O) groups is 5. The highest BCUT2D eigenvalue weighted by Gasteiger charge is 2.64. The lowest BCUT2D eigenvalue weighted by atomic mass is 9.84. The fourth-order valence-corrected chi connectivity index (χ4v) is 10.6. The van der Waals surface area contributed by atoms with Gasteiger partial charge in [0.1, 0.15) is 29.3 Å². The molecule has 8 atom stereocenters. The van der Waals surface area contributed by atoms with Gasteiger partial charge in [0.05, 0.1) is 41.9 Å². The number of carboxylic acids is 1. The molecule has 3 heterocycles. The number of carbonyl (C=O) groups excluding carboxylic acids is 4. The summed E-state index contributed by atoms with van der Waals surface area (Å²) in [7, 11) is 6.46. The van der Waals surface area contributed by atoms with Gasteiger partial charge in [-0.05, 0) is 68.5 Å². The number of carboxylic acid groups (broad SMARTS) is 1. The van der Waals surface area contributed by atoms with E-state index in [1.54, 1.807) is 80.8 Å². The van der Waals surface area contributed by atoms with Gasteiger partial charge in [0.2, 0.25) is 11.8 Å². The van der Waals surface area contributed by atoms with Crippen molar-refractivity contribution in [2.45, 2.75) is 140 Å². The van der Waals surface area contributed by atoms with Crippen LogP contribution in [-0.4, -0.2) is 94.4 Å². The second-order valence-corrected chi connectivity index (χ2v) is 21.2.